The fourth-order valence-corrected chi connectivity index (χ4v) is 2.38. The van der Waals surface area contributed by atoms with E-state index < -0.39 is 10.2 Å². The van der Waals surface area contributed by atoms with Crippen molar-refractivity contribution in [3.63, 3.8) is 0 Å². The van der Waals surface area contributed by atoms with E-state index >= 15 is 0 Å². The normalized spacial score (nSPS) is 24.5. The van der Waals surface area contributed by atoms with E-state index in [1.54, 1.807) is 0 Å². The van der Waals surface area contributed by atoms with Gasteiger partial charge < -0.3 is 0 Å². The topological polar surface area (TPSA) is 49.4 Å². The van der Waals surface area contributed by atoms with Crippen LogP contribution in [0.4, 0.5) is 0 Å². The fraction of sp³-hybridized carbons (Fsp3) is 1.00. The van der Waals surface area contributed by atoms with Crippen LogP contribution in [0.1, 0.15) is 26.7 Å². The summed E-state index contributed by atoms with van der Waals surface area (Å²) in [6.07, 6.45) is 1.88. The summed E-state index contributed by atoms with van der Waals surface area (Å²) >= 11 is 0. The Balaban J connectivity index is 2.61. The van der Waals surface area contributed by atoms with Gasteiger partial charge in [-0.25, -0.2) is 4.72 Å². The van der Waals surface area contributed by atoms with Crippen LogP contribution in [0.25, 0.3) is 0 Å². The molecule has 5 heteroatoms. The zero-order valence-corrected chi connectivity index (χ0v) is 9.32. The third-order valence-electron chi connectivity index (χ3n) is 2.67. The maximum absolute atomic E-state index is 11.4. The number of nitrogens with one attached hydrogen (secondary N) is 1. The van der Waals surface area contributed by atoms with Gasteiger partial charge in [0.25, 0.3) is 10.2 Å². The SMILES string of the molecule is CNS(=O)(=O)N1CCC(C)(C)CC1. The highest BCUT2D eigenvalue weighted by molar-refractivity contribution is 7.87. The Kier molecular flexibility index (Phi) is 2.99. The Labute approximate surface area is 80.5 Å². The number of rotatable bonds is 2. The minimum Gasteiger partial charge on any atom is -0.205 e. The quantitative estimate of drug-likeness (QED) is 0.718. The highest BCUT2D eigenvalue weighted by Gasteiger charge is 2.30. The van der Waals surface area contributed by atoms with Crippen LogP contribution in [0.15, 0.2) is 0 Å². The molecular weight excluding hydrogens is 188 g/mol. The Morgan fingerprint density at radius 3 is 2.08 bits per heavy atom. The molecule has 0 unspecified atom stereocenters. The standard InChI is InChI=1S/C8H18N2O2S/c1-8(2)4-6-10(7-5-8)13(11,12)9-3/h9H,4-7H2,1-3H3. The molecule has 0 aliphatic carbocycles. The molecule has 0 radical (unpaired) electrons. The van der Waals surface area contributed by atoms with E-state index in [0.29, 0.717) is 18.5 Å². The molecular formula is C8H18N2O2S. The molecule has 1 rings (SSSR count). The molecule has 0 saturated carbocycles. The van der Waals surface area contributed by atoms with E-state index in [9.17, 15) is 8.42 Å². The summed E-state index contributed by atoms with van der Waals surface area (Å²) < 4.78 is 26.6. The maximum Gasteiger partial charge on any atom is 0.279 e. The summed E-state index contributed by atoms with van der Waals surface area (Å²) in [6, 6.07) is 0. The number of piperidine rings is 1. The van der Waals surface area contributed by atoms with E-state index in [1.165, 1.54) is 11.4 Å². The second-order valence-electron chi connectivity index (χ2n) is 4.27. The van der Waals surface area contributed by atoms with Crippen molar-refractivity contribution in [2.24, 2.45) is 5.41 Å². The molecule has 78 valence electrons. The van der Waals surface area contributed by atoms with Crippen molar-refractivity contribution in [2.75, 3.05) is 20.1 Å². The summed E-state index contributed by atoms with van der Waals surface area (Å²) in [5, 5.41) is 0. The molecule has 1 aliphatic rings. The van der Waals surface area contributed by atoms with Crippen LogP contribution in [-0.2, 0) is 10.2 Å². The highest BCUT2D eigenvalue weighted by atomic mass is 32.2. The minimum absolute atomic E-state index is 0.291. The van der Waals surface area contributed by atoms with Gasteiger partial charge in [-0.3, -0.25) is 0 Å². The third kappa shape index (κ3) is 2.65. The number of nitrogens with zero attached hydrogens (tertiary/aromatic N) is 1. The zero-order chi connectivity index (χ0) is 10.1. The molecule has 0 aromatic rings. The van der Waals surface area contributed by atoms with Crippen LogP contribution in [-0.4, -0.2) is 32.9 Å². The van der Waals surface area contributed by atoms with E-state index in [0.717, 1.165) is 12.8 Å². The smallest absolute Gasteiger partial charge is 0.205 e. The van der Waals surface area contributed by atoms with Crippen molar-refractivity contribution >= 4 is 10.2 Å². The molecule has 0 aromatic carbocycles. The zero-order valence-electron chi connectivity index (χ0n) is 8.50. The first-order valence-corrected chi connectivity index (χ1v) is 6.00. The van der Waals surface area contributed by atoms with E-state index in [4.69, 9.17) is 0 Å². The van der Waals surface area contributed by atoms with Crippen LogP contribution < -0.4 is 4.72 Å². The van der Waals surface area contributed by atoms with Gasteiger partial charge >= 0.3 is 0 Å². The molecule has 4 nitrogen and oxygen atoms in total. The van der Waals surface area contributed by atoms with Gasteiger partial charge in [0.15, 0.2) is 0 Å². The average Bonchev–Trinajstić information content (AvgIpc) is 2.04. The van der Waals surface area contributed by atoms with Crippen molar-refractivity contribution in [3.05, 3.63) is 0 Å². The van der Waals surface area contributed by atoms with E-state index in [-0.39, 0.29) is 0 Å². The molecule has 1 heterocycles. The van der Waals surface area contributed by atoms with Crippen molar-refractivity contribution in [1.82, 2.24) is 9.03 Å². The van der Waals surface area contributed by atoms with Crippen molar-refractivity contribution < 1.29 is 8.42 Å². The predicted molar refractivity (Wildman–Crippen MR) is 52.6 cm³/mol. The molecule has 0 atom stereocenters. The van der Waals surface area contributed by atoms with Gasteiger partial charge in [0, 0.05) is 20.1 Å². The van der Waals surface area contributed by atoms with Crippen molar-refractivity contribution in [3.8, 4) is 0 Å². The van der Waals surface area contributed by atoms with Crippen LogP contribution in [0.3, 0.4) is 0 Å². The van der Waals surface area contributed by atoms with Crippen LogP contribution >= 0.6 is 0 Å². The van der Waals surface area contributed by atoms with Crippen molar-refractivity contribution in [1.29, 1.82) is 0 Å². The highest BCUT2D eigenvalue weighted by Crippen LogP contribution is 2.30. The molecule has 1 N–H and O–H groups in total. The lowest BCUT2D eigenvalue weighted by Gasteiger charge is -2.35. The monoisotopic (exact) mass is 206 g/mol. The Bertz CT molecular complexity index is 262. The summed E-state index contributed by atoms with van der Waals surface area (Å²) in [5.41, 5.74) is 0.291. The van der Waals surface area contributed by atoms with Crippen molar-refractivity contribution in [2.45, 2.75) is 26.7 Å². The lowest BCUT2D eigenvalue weighted by atomic mass is 9.83. The van der Waals surface area contributed by atoms with Gasteiger partial charge in [-0.2, -0.15) is 12.7 Å². The second kappa shape index (κ2) is 3.55. The molecule has 0 aromatic heterocycles. The lowest BCUT2D eigenvalue weighted by Crippen LogP contribution is -2.45. The van der Waals surface area contributed by atoms with Gasteiger partial charge in [-0.05, 0) is 18.3 Å². The van der Waals surface area contributed by atoms with Gasteiger partial charge in [0.2, 0.25) is 0 Å². The molecule has 1 saturated heterocycles. The second-order valence-corrected chi connectivity index (χ2v) is 6.15. The Morgan fingerprint density at radius 2 is 1.69 bits per heavy atom. The van der Waals surface area contributed by atoms with E-state index in [1.807, 2.05) is 0 Å². The number of hydrogen-bond acceptors (Lipinski definition) is 2. The largest absolute Gasteiger partial charge is 0.279 e. The maximum atomic E-state index is 11.4. The Morgan fingerprint density at radius 1 is 1.23 bits per heavy atom. The van der Waals surface area contributed by atoms with Crippen LogP contribution in [0, 0.1) is 5.41 Å². The average molecular weight is 206 g/mol. The van der Waals surface area contributed by atoms with E-state index in [2.05, 4.69) is 18.6 Å². The first-order chi connectivity index (χ1) is 5.87. The fourth-order valence-electron chi connectivity index (χ4n) is 1.46. The third-order valence-corrected chi connectivity index (χ3v) is 4.23. The number of hydrogen-bond donors (Lipinski definition) is 1. The first-order valence-electron chi connectivity index (χ1n) is 4.56. The molecule has 0 spiro atoms. The summed E-state index contributed by atoms with van der Waals surface area (Å²) in [4.78, 5) is 0. The van der Waals surface area contributed by atoms with Gasteiger partial charge in [-0.15, -0.1) is 0 Å². The summed E-state index contributed by atoms with van der Waals surface area (Å²) in [7, 11) is -1.73. The first kappa shape index (κ1) is 10.9. The molecule has 0 bridgehead atoms. The molecule has 1 aliphatic heterocycles. The van der Waals surface area contributed by atoms with Gasteiger partial charge in [0.05, 0.1) is 0 Å². The molecule has 0 amide bonds. The van der Waals surface area contributed by atoms with Gasteiger partial charge in [0.1, 0.15) is 0 Å². The predicted octanol–water partition coefficient (Wildman–Crippen LogP) is 0.573. The van der Waals surface area contributed by atoms with Crippen LogP contribution in [0.5, 0.6) is 0 Å². The Hall–Kier alpha value is -0.130. The van der Waals surface area contributed by atoms with Crippen LogP contribution in [0.2, 0.25) is 0 Å². The molecule has 1 fully saturated rings. The van der Waals surface area contributed by atoms with Gasteiger partial charge in [-0.1, -0.05) is 13.8 Å². The lowest BCUT2D eigenvalue weighted by molar-refractivity contribution is 0.195. The minimum atomic E-state index is -3.19. The summed E-state index contributed by atoms with van der Waals surface area (Å²) in [5.74, 6) is 0. The molecule has 13 heavy (non-hydrogen) atoms. The summed E-state index contributed by atoms with van der Waals surface area (Å²) in [6.45, 7) is 5.62.